The number of nitrogens with one attached hydrogen (secondary N) is 1. The molecule has 0 saturated heterocycles. The van der Waals surface area contributed by atoms with Crippen molar-refractivity contribution in [2.24, 2.45) is 5.73 Å². The highest BCUT2D eigenvalue weighted by atomic mass is 16.5. The number of ether oxygens (including phenoxy) is 1. The lowest BCUT2D eigenvalue weighted by Crippen LogP contribution is -2.38. The van der Waals surface area contributed by atoms with Crippen LogP contribution in [0.5, 0.6) is 5.88 Å². The smallest absolute Gasteiger partial charge is 0.353 e. The van der Waals surface area contributed by atoms with Crippen molar-refractivity contribution in [3.63, 3.8) is 0 Å². The third kappa shape index (κ3) is 3.87. The number of fused-ring (bicyclic) bond motifs is 1. The Hall–Kier alpha value is -4.48. The fourth-order valence-corrected chi connectivity index (χ4v) is 2.69. The van der Waals surface area contributed by atoms with Gasteiger partial charge in [-0.25, -0.2) is 14.6 Å². The molecule has 0 aliphatic heterocycles. The number of carbonyl (C=O) groups is 4. The van der Waals surface area contributed by atoms with E-state index >= 15 is 0 Å². The molecular formula is C18H15N5O7. The molecule has 3 aromatic rings. The number of methoxy groups -OCH3 is 1. The number of aromatic hydroxyl groups is 1. The molecule has 0 spiro atoms. The molecule has 1 aromatic carbocycles. The van der Waals surface area contributed by atoms with Crippen molar-refractivity contribution in [2.75, 3.05) is 7.11 Å². The number of amides is 2. The first kappa shape index (κ1) is 20.3. The zero-order valence-electron chi connectivity index (χ0n) is 15.4. The number of nitrogens with two attached hydrogens (primary N) is 1. The monoisotopic (exact) mass is 413 g/mol. The zero-order chi connectivity index (χ0) is 22.0. The molecule has 12 nitrogen and oxygen atoms in total. The van der Waals surface area contributed by atoms with E-state index in [4.69, 9.17) is 5.73 Å². The van der Waals surface area contributed by atoms with Gasteiger partial charge < -0.3 is 26.0 Å². The number of imidazole rings is 1. The standard InChI is InChI=1S/C18H15N5O7/c1-30-17(29)9-4-2-8(3-5-9)13(14(19)25)22-15(26)10-6-11(16(27)28)23-7-12(24)21-18(23)20-10/h2-7,13,24H,1H3,(H2,19,25)(H,22,26)(H,27,28)/t13-/m1/s1. The van der Waals surface area contributed by atoms with Crippen molar-refractivity contribution in [1.29, 1.82) is 0 Å². The van der Waals surface area contributed by atoms with Crippen LogP contribution in [0.1, 0.15) is 42.9 Å². The summed E-state index contributed by atoms with van der Waals surface area (Å²) in [6, 6.07) is 5.28. The van der Waals surface area contributed by atoms with E-state index in [1.165, 1.54) is 31.4 Å². The summed E-state index contributed by atoms with van der Waals surface area (Å²) >= 11 is 0. The van der Waals surface area contributed by atoms with E-state index in [9.17, 15) is 29.4 Å². The quantitative estimate of drug-likeness (QED) is 0.399. The predicted molar refractivity (Wildman–Crippen MR) is 98.8 cm³/mol. The summed E-state index contributed by atoms with van der Waals surface area (Å²) in [5.41, 5.74) is 5.15. The van der Waals surface area contributed by atoms with Crippen molar-refractivity contribution >= 4 is 29.5 Å². The average Bonchev–Trinajstić information content (AvgIpc) is 3.10. The molecule has 12 heteroatoms. The van der Waals surface area contributed by atoms with Crippen molar-refractivity contribution in [2.45, 2.75) is 6.04 Å². The molecule has 2 heterocycles. The van der Waals surface area contributed by atoms with Gasteiger partial charge in [0.15, 0.2) is 0 Å². The highest BCUT2D eigenvalue weighted by molar-refractivity contribution is 5.98. The number of nitrogens with zero attached hydrogens (tertiary/aromatic N) is 3. The highest BCUT2D eigenvalue weighted by Crippen LogP contribution is 2.17. The Labute approximate surface area is 167 Å². The van der Waals surface area contributed by atoms with Gasteiger partial charge in [0.25, 0.3) is 5.91 Å². The van der Waals surface area contributed by atoms with Crippen molar-refractivity contribution < 1.29 is 34.1 Å². The van der Waals surface area contributed by atoms with Gasteiger partial charge in [0.2, 0.25) is 17.6 Å². The van der Waals surface area contributed by atoms with Gasteiger partial charge in [-0.1, -0.05) is 12.1 Å². The first-order chi connectivity index (χ1) is 14.2. The number of rotatable bonds is 6. The Kier molecular flexibility index (Phi) is 5.31. The van der Waals surface area contributed by atoms with Crippen LogP contribution in [0.3, 0.4) is 0 Å². The molecule has 0 fully saturated rings. The molecule has 0 saturated carbocycles. The predicted octanol–water partition coefficient (Wildman–Crippen LogP) is -0.124. The van der Waals surface area contributed by atoms with Gasteiger partial charge in [-0.05, 0) is 17.7 Å². The van der Waals surface area contributed by atoms with E-state index < -0.39 is 35.7 Å². The van der Waals surface area contributed by atoms with E-state index in [0.717, 1.165) is 16.7 Å². The lowest BCUT2D eigenvalue weighted by molar-refractivity contribution is -0.120. The number of esters is 1. The molecule has 30 heavy (non-hydrogen) atoms. The first-order valence-corrected chi connectivity index (χ1v) is 8.32. The maximum Gasteiger partial charge on any atom is 0.353 e. The molecule has 0 aliphatic rings. The van der Waals surface area contributed by atoms with Crippen LogP contribution >= 0.6 is 0 Å². The minimum absolute atomic E-state index is 0.226. The second kappa shape index (κ2) is 7.87. The third-order valence-corrected chi connectivity index (χ3v) is 4.10. The van der Waals surface area contributed by atoms with Crippen molar-refractivity contribution in [3.05, 3.63) is 59.0 Å². The van der Waals surface area contributed by atoms with E-state index in [2.05, 4.69) is 20.0 Å². The summed E-state index contributed by atoms with van der Waals surface area (Å²) in [5, 5.41) is 21.2. The Morgan fingerprint density at radius 3 is 2.40 bits per heavy atom. The van der Waals surface area contributed by atoms with E-state index in [1.807, 2.05) is 0 Å². The number of aromatic carboxylic acids is 1. The number of hydrogen-bond donors (Lipinski definition) is 4. The SMILES string of the molecule is COC(=O)c1ccc([C@@H](NC(=O)c2cc(C(=O)O)n3cc(O)nc3n2)C(N)=O)cc1. The van der Waals surface area contributed by atoms with Crippen LogP contribution in [0, 0.1) is 0 Å². The molecule has 3 rings (SSSR count). The zero-order valence-corrected chi connectivity index (χ0v) is 15.4. The molecule has 0 radical (unpaired) electrons. The fraction of sp³-hybridized carbons (Fsp3) is 0.111. The fourth-order valence-electron chi connectivity index (χ4n) is 2.69. The van der Waals surface area contributed by atoms with Crippen LogP contribution < -0.4 is 11.1 Å². The van der Waals surface area contributed by atoms with Crippen molar-refractivity contribution in [1.82, 2.24) is 19.7 Å². The summed E-state index contributed by atoms with van der Waals surface area (Å²) in [7, 11) is 1.22. The van der Waals surface area contributed by atoms with Gasteiger partial charge >= 0.3 is 11.9 Å². The van der Waals surface area contributed by atoms with Gasteiger partial charge in [0.05, 0.1) is 18.9 Å². The molecule has 2 aromatic heterocycles. The number of benzene rings is 1. The number of carboxylic acids is 1. The number of carboxylic acid groups (broad SMARTS) is 1. The number of carbonyl (C=O) groups excluding carboxylic acids is 3. The number of aromatic nitrogens is 3. The summed E-state index contributed by atoms with van der Waals surface area (Å²) in [6.45, 7) is 0. The number of primary amides is 1. The summed E-state index contributed by atoms with van der Waals surface area (Å²) in [6.07, 6.45) is 1.03. The Bertz CT molecular complexity index is 1170. The maximum absolute atomic E-state index is 12.6. The maximum atomic E-state index is 12.6. The van der Waals surface area contributed by atoms with Crippen LogP contribution in [0.25, 0.3) is 5.78 Å². The molecule has 5 N–H and O–H groups in total. The van der Waals surface area contributed by atoms with E-state index in [1.54, 1.807) is 0 Å². The molecule has 0 aliphatic carbocycles. The van der Waals surface area contributed by atoms with Gasteiger partial charge in [-0.2, -0.15) is 4.98 Å². The lowest BCUT2D eigenvalue weighted by Gasteiger charge is -2.16. The first-order valence-electron chi connectivity index (χ1n) is 8.32. The average molecular weight is 413 g/mol. The second-order valence-electron chi connectivity index (χ2n) is 6.02. The van der Waals surface area contributed by atoms with Crippen LogP contribution in [0.4, 0.5) is 0 Å². The van der Waals surface area contributed by atoms with Crippen LogP contribution in [0.15, 0.2) is 36.5 Å². The summed E-state index contributed by atoms with van der Waals surface area (Å²) in [4.78, 5) is 55.0. The Morgan fingerprint density at radius 1 is 1.17 bits per heavy atom. The van der Waals surface area contributed by atoms with Gasteiger partial charge in [0, 0.05) is 6.07 Å². The summed E-state index contributed by atoms with van der Waals surface area (Å²) < 4.78 is 5.58. The molecule has 2 amide bonds. The Morgan fingerprint density at radius 2 is 1.83 bits per heavy atom. The van der Waals surface area contributed by atoms with Crippen LogP contribution in [-0.4, -0.2) is 55.4 Å². The largest absolute Gasteiger partial charge is 0.492 e. The molecule has 0 unspecified atom stereocenters. The van der Waals surface area contributed by atoms with Crippen LogP contribution in [-0.2, 0) is 9.53 Å². The minimum Gasteiger partial charge on any atom is -0.492 e. The summed E-state index contributed by atoms with van der Waals surface area (Å²) in [5.74, 6) is -4.48. The third-order valence-electron chi connectivity index (χ3n) is 4.10. The van der Waals surface area contributed by atoms with Gasteiger partial charge in [-0.15, -0.1) is 0 Å². The number of hydrogen-bond acceptors (Lipinski definition) is 8. The normalized spacial score (nSPS) is 11.6. The minimum atomic E-state index is -1.39. The molecular weight excluding hydrogens is 398 g/mol. The molecule has 0 bridgehead atoms. The van der Waals surface area contributed by atoms with Gasteiger partial charge in [-0.3, -0.25) is 14.0 Å². The second-order valence-corrected chi connectivity index (χ2v) is 6.02. The van der Waals surface area contributed by atoms with E-state index in [0.29, 0.717) is 0 Å². The highest BCUT2D eigenvalue weighted by Gasteiger charge is 2.24. The Balaban J connectivity index is 1.93. The van der Waals surface area contributed by atoms with Crippen molar-refractivity contribution in [3.8, 4) is 5.88 Å². The van der Waals surface area contributed by atoms with Gasteiger partial charge in [0.1, 0.15) is 17.4 Å². The lowest BCUT2D eigenvalue weighted by atomic mass is 10.0. The molecule has 154 valence electrons. The topological polar surface area (TPSA) is 186 Å². The van der Waals surface area contributed by atoms with E-state index in [-0.39, 0.29) is 28.3 Å². The van der Waals surface area contributed by atoms with Crippen LogP contribution in [0.2, 0.25) is 0 Å². The molecule has 1 atom stereocenters.